The molecule has 204 valence electrons. The molecule has 16 heteroatoms. The van der Waals surface area contributed by atoms with E-state index in [0.29, 0.717) is 5.56 Å². The maximum atomic E-state index is 14.7. The fraction of sp³-hybridized carbons (Fsp3) is 0.364. The van der Waals surface area contributed by atoms with Crippen molar-refractivity contribution in [2.45, 2.75) is 43.6 Å². The van der Waals surface area contributed by atoms with Crippen LogP contribution in [0.3, 0.4) is 0 Å². The molecule has 3 N–H and O–H groups in total. The molecule has 2 heterocycles. The quantitative estimate of drug-likeness (QED) is 0.264. The van der Waals surface area contributed by atoms with Crippen LogP contribution in [0, 0.1) is 0 Å². The summed E-state index contributed by atoms with van der Waals surface area (Å²) in [6, 6.07) is 4.91. The van der Waals surface area contributed by atoms with E-state index in [1.807, 2.05) is 4.72 Å². The molecule has 0 aliphatic heterocycles. The predicted molar refractivity (Wildman–Crippen MR) is 124 cm³/mol. The van der Waals surface area contributed by atoms with Gasteiger partial charge in [0, 0.05) is 25.9 Å². The average molecular weight is 559 g/mol. The van der Waals surface area contributed by atoms with E-state index in [1.54, 1.807) is 0 Å². The molecule has 1 aliphatic carbocycles. The topological polar surface area (TPSA) is 148 Å². The second-order valence-electron chi connectivity index (χ2n) is 8.43. The molecule has 1 saturated carbocycles. The third-order valence-corrected chi connectivity index (χ3v) is 6.83. The van der Waals surface area contributed by atoms with E-state index < -0.39 is 52.2 Å². The number of rotatable bonds is 9. The van der Waals surface area contributed by atoms with Crippen LogP contribution in [0.4, 0.5) is 23.4 Å². The Labute approximate surface area is 214 Å². The van der Waals surface area contributed by atoms with Crippen molar-refractivity contribution in [3.63, 3.8) is 0 Å². The van der Waals surface area contributed by atoms with E-state index in [1.165, 1.54) is 35.3 Å². The molecule has 0 bridgehead atoms. The molecule has 11 nitrogen and oxygen atoms in total. The number of hydrogen-bond acceptors (Lipinski definition) is 9. The van der Waals surface area contributed by atoms with Crippen molar-refractivity contribution in [1.29, 1.82) is 0 Å². The molecule has 0 saturated heterocycles. The number of hydrogen-bond donors (Lipinski definition) is 3. The number of ketones is 1. The Morgan fingerprint density at radius 1 is 1.29 bits per heavy atom. The number of aliphatic hydroxyl groups is 1. The molecule has 1 aromatic carbocycles. The van der Waals surface area contributed by atoms with Crippen LogP contribution < -0.4 is 10.0 Å². The first kappa shape index (κ1) is 27.6. The van der Waals surface area contributed by atoms with Crippen LogP contribution in [0.15, 0.2) is 49.1 Å². The zero-order chi connectivity index (χ0) is 27.7. The molecular weight excluding hydrogens is 536 g/mol. The monoisotopic (exact) mass is 558 g/mol. The number of aromatic nitrogens is 4. The Morgan fingerprint density at radius 3 is 2.76 bits per heavy atom. The highest BCUT2D eigenvalue weighted by Gasteiger charge is 2.46. The first-order valence-corrected chi connectivity index (χ1v) is 12.5. The van der Waals surface area contributed by atoms with Crippen molar-refractivity contribution < 1.29 is 40.1 Å². The van der Waals surface area contributed by atoms with Gasteiger partial charge in [-0.3, -0.25) is 13.7 Å². The van der Waals surface area contributed by atoms with Gasteiger partial charge in [-0.2, -0.15) is 31.4 Å². The van der Waals surface area contributed by atoms with E-state index in [2.05, 4.69) is 20.4 Å². The number of carbonyl (C=O) groups is 1. The fourth-order valence-corrected chi connectivity index (χ4v) is 4.55. The van der Waals surface area contributed by atoms with Crippen LogP contribution in [0.5, 0.6) is 0 Å². The van der Waals surface area contributed by atoms with Crippen LogP contribution in [0.25, 0.3) is 0 Å². The van der Waals surface area contributed by atoms with Gasteiger partial charge in [0.15, 0.2) is 0 Å². The number of anilines is 1. The van der Waals surface area contributed by atoms with Crippen LogP contribution in [0.2, 0.25) is 0 Å². The number of carbonyl (C=O) groups excluding carboxylic acids is 1. The van der Waals surface area contributed by atoms with Gasteiger partial charge in [-0.15, -0.1) is 0 Å². The zero-order valence-corrected chi connectivity index (χ0v) is 20.4. The number of nitrogens with one attached hydrogen (secondary N) is 2. The van der Waals surface area contributed by atoms with Crippen LogP contribution >= 0.6 is 0 Å². The normalized spacial score (nSPS) is 21.9. The second kappa shape index (κ2) is 10.7. The molecule has 0 radical (unpaired) electrons. The highest BCUT2D eigenvalue weighted by Crippen LogP contribution is 2.31. The highest BCUT2D eigenvalue weighted by molar-refractivity contribution is 7.84. The van der Waals surface area contributed by atoms with Gasteiger partial charge in [-0.05, 0) is 23.8 Å². The third-order valence-electron chi connectivity index (χ3n) is 5.83. The van der Waals surface area contributed by atoms with Crippen molar-refractivity contribution >= 4 is 21.9 Å². The summed E-state index contributed by atoms with van der Waals surface area (Å²) in [6.07, 6.45) is -6.16. The summed E-state index contributed by atoms with van der Waals surface area (Å²) in [6.45, 7) is -0.0337. The largest absolute Gasteiger partial charge is 0.416 e. The molecule has 3 aromatic rings. The van der Waals surface area contributed by atoms with E-state index in [0.717, 1.165) is 25.5 Å². The Hall–Kier alpha value is -3.47. The Balaban J connectivity index is 1.49. The van der Waals surface area contributed by atoms with Gasteiger partial charge in [-0.25, -0.2) is 14.4 Å². The summed E-state index contributed by atoms with van der Waals surface area (Å²) in [5.74, 6) is -0.746. The molecule has 1 aliphatic rings. The lowest BCUT2D eigenvalue weighted by Crippen LogP contribution is -2.35. The van der Waals surface area contributed by atoms with Gasteiger partial charge < -0.3 is 10.4 Å². The maximum absolute atomic E-state index is 14.7. The van der Waals surface area contributed by atoms with Crippen LogP contribution in [0.1, 0.15) is 33.6 Å². The fourth-order valence-electron chi connectivity index (χ4n) is 3.94. The summed E-state index contributed by atoms with van der Waals surface area (Å²) in [7, 11) is -3.10. The third kappa shape index (κ3) is 6.15. The number of nitrogens with zero attached hydrogens (tertiary/aromatic N) is 4. The smallest absolute Gasteiger partial charge is 0.387 e. The number of benzene rings is 1. The minimum atomic E-state index is -4.50. The summed E-state index contributed by atoms with van der Waals surface area (Å²) >= 11 is 0. The van der Waals surface area contributed by atoms with Gasteiger partial charge in [0.1, 0.15) is 36.2 Å². The van der Waals surface area contributed by atoms with Crippen LogP contribution in [-0.4, -0.2) is 70.5 Å². The van der Waals surface area contributed by atoms with Gasteiger partial charge in [0.25, 0.3) is 0 Å². The first-order chi connectivity index (χ1) is 17.9. The van der Waals surface area contributed by atoms with E-state index in [-0.39, 0.29) is 30.0 Å². The number of halogens is 4. The lowest BCUT2D eigenvalue weighted by atomic mass is 10.1. The molecule has 1 fully saturated rings. The maximum Gasteiger partial charge on any atom is 0.416 e. The van der Waals surface area contributed by atoms with Gasteiger partial charge >= 0.3 is 16.5 Å². The Morgan fingerprint density at radius 2 is 2.05 bits per heavy atom. The SMILES string of the molecule is CNS(=O)(=O)O[C@@H]1C[C@@H](Nc2ncncc2C(=O)c2ccn(Cc3cccc(C(F)(F)F)c3)n2)[C@@H](F)[C@@H]1O. The molecule has 2 aromatic heterocycles. The van der Waals surface area contributed by atoms with Crippen LogP contribution in [-0.2, 0) is 27.2 Å². The molecule has 4 atom stereocenters. The van der Waals surface area contributed by atoms with Crippen molar-refractivity contribution in [3.05, 3.63) is 71.4 Å². The summed E-state index contributed by atoms with van der Waals surface area (Å²) in [4.78, 5) is 20.9. The number of alkyl halides is 4. The Kier molecular flexibility index (Phi) is 7.78. The summed E-state index contributed by atoms with van der Waals surface area (Å²) < 4.78 is 85.0. The molecule has 0 unspecified atom stereocenters. The molecule has 0 amide bonds. The van der Waals surface area contributed by atoms with Crippen molar-refractivity contribution in [2.24, 2.45) is 0 Å². The minimum Gasteiger partial charge on any atom is -0.387 e. The van der Waals surface area contributed by atoms with E-state index in [9.17, 15) is 35.9 Å². The van der Waals surface area contributed by atoms with Gasteiger partial charge in [-0.1, -0.05) is 12.1 Å². The Bertz CT molecular complexity index is 1420. The predicted octanol–water partition coefficient (Wildman–Crippen LogP) is 1.70. The minimum absolute atomic E-state index is 0.0337. The van der Waals surface area contributed by atoms with Gasteiger partial charge in [0.2, 0.25) is 5.78 Å². The van der Waals surface area contributed by atoms with Gasteiger partial charge in [0.05, 0.1) is 23.7 Å². The van der Waals surface area contributed by atoms with Crippen molar-refractivity contribution in [3.8, 4) is 0 Å². The molecule has 0 spiro atoms. The summed E-state index contributed by atoms with van der Waals surface area (Å²) in [5, 5.41) is 16.9. The zero-order valence-electron chi connectivity index (χ0n) is 19.6. The lowest BCUT2D eigenvalue weighted by Gasteiger charge is -2.17. The number of aliphatic hydroxyl groups excluding tert-OH is 1. The molecular formula is C22H22F4N6O5S. The van der Waals surface area contributed by atoms with E-state index in [4.69, 9.17) is 4.18 Å². The molecule has 4 rings (SSSR count). The molecule has 38 heavy (non-hydrogen) atoms. The summed E-state index contributed by atoms with van der Waals surface area (Å²) in [5.41, 5.74) is -0.654. The lowest BCUT2D eigenvalue weighted by molar-refractivity contribution is -0.137. The standard InChI is InChI=1S/C22H22F4N6O5S/c1-27-38(35,36)37-17-8-16(18(23)20(17)34)30-21-14(9-28-11-29-21)19(33)15-5-6-32(31-15)10-12-3-2-4-13(7-12)22(24,25)26/h2-7,9,11,16-18,20,27,34H,8,10H2,1H3,(H,28,29,30)/t16-,17-,18-,20-/m1/s1. The average Bonchev–Trinajstić information content (AvgIpc) is 3.44. The first-order valence-electron chi connectivity index (χ1n) is 11.1. The second-order valence-corrected chi connectivity index (χ2v) is 9.93. The van der Waals surface area contributed by atoms with E-state index >= 15 is 0 Å². The van der Waals surface area contributed by atoms with Crippen molar-refractivity contribution in [2.75, 3.05) is 12.4 Å². The van der Waals surface area contributed by atoms with Crippen molar-refractivity contribution in [1.82, 2.24) is 24.5 Å². The highest BCUT2D eigenvalue weighted by atomic mass is 32.2.